The minimum absolute atomic E-state index is 0.208. The van der Waals surface area contributed by atoms with Crippen LogP contribution in [-0.4, -0.2) is 62.6 Å². The smallest absolute Gasteiger partial charge is 0.177 e. The summed E-state index contributed by atoms with van der Waals surface area (Å²) in [4.78, 5) is 29.7. The van der Waals surface area contributed by atoms with Gasteiger partial charge in [-0.3, -0.25) is 9.59 Å². The molecular weight excluding hydrogens is 396 g/mol. The fourth-order valence-electron chi connectivity index (χ4n) is 4.55. The predicted molar refractivity (Wildman–Crippen MR) is 132 cm³/mol. The molecule has 4 heteroatoms. The van der Waals surface area contributed by atoms with E-state index in [1.54, 1.807) is 0 Å². The molecule has 0 amide bonds. The van der Waals surface area contributed by atoms with Crippen LogP contribution in [0.3, 0.4) is 0 Å². The maximum atomic E-state index is 12.9. The van der Waals surface area contributed by atoms with Gasteiger partial charge < -0.3 is 9.80 Å². The average molecular weight is 435 g/mol. The van der Waals surface area contributed by atoms with E-state index in [1.165, 1.54) is 11.1 Å². The molecule has 0 radical (unpaired) electrons. The van der Waals surface area contributed by atoms with Crippen molar-refractivity contribution in [2.45, 2.75) is 51.4 Å². The van der Waals surface area contributed by atoms with E-state index in [0.29, 0.717) is 13.1 Å². The minimum Gasteiger partial charge on any atom is -0.302 e. The Morgan fingerprint density at radius 1 is 0.625 bits per heavy atom. The van der Waals surface area contributed by atoms with Crippen LogP contribution in [0.25, 0.3) is 0 Å². The van der Waals surface area contributed by atoms with Crippen LogP contribution in [0, 0.1) is 0 Å². The molecule has 2 aromatic rings. The summed E-state index contributed by atoms with van der Waals surface area (Å²) < 4.78 is 0. The van der Waals surface area contributed by atoms with Crippen LogP contribution in [0.1, 0.15) is 68.7 Å². The summed E-state index contributed by atoms with van der Waals surface area (Å²) in [5, 5.41) is 0. The molecule has 0 fully saturated rings. The van der Waals surface area contributed by atoms with E-state index in [4.69, 9.17) is 0 Å². The lowest BCUT2D eigenvalue weighted by molar-refractivity contribution is 0.0948. The molecule has 0 N–H and O–H groups in total. The fraction of sp³-hybridized carbons (Fsp3) is 0.500. The quantitative estimate of drug-likeness (QED) is 0.622. The standard InChI is InChI=1S/C28H38N2O2/c1-29(2)19-27(31)25-17-21-9-5-6-10-22-14-16-24(12-8-7-11-23(25)15-13-21)26(18-22)28(32)20-30(3)4/h13-18H,5-12,19-20H2,1-4H3. The predicted octanol–water partition coefficient (Wildman–Crippen LogP) is 4.62. The molecule has 0 unspecified atom stereocenters. The van der Waals surface area contributed by atoms with Crippen molar-refractivity contribution in [3.63, 3.8) is 0 Å². The van der Waals surface area contributed by atoms with Crippen molar-refractivity contribution in [1.82, 2.24) is 9.80 Å². The van der Waals surface area contributed by atoms with Crippen molar-refractivity contribution in [3.8, 4) is 0 Å². The number of carbonyl (C=O) groups is 2. The summed E-state index contributed by atoms with van der Waals surface area (Å²) in [6.45, 7) is 0.888. The molecule has 4 aliphatic carbocycles. The lowest BCUT2D eigenvalue weighted by Gasteiger charge is -2.16. The highest BCUT2D eigenvalue weighted by Crippen LogP contribution is 2.22. The first-order valence-corrected chi connectivity index (χ1v) is 11.9. The van der Waals surface area contributed by atoms with Crippen LogP contribution in [0.5, 0.6) is 0 Å². The first kappa shape index (κ1) is 24.3. The third-order valence-electron chi connectivity index (χ3n) is 6.19. The summed E-state index contributed by atoms with van der Waals surface area (Å²) >= 11 is 0. The van der Waals surface area contributed by atoms with E-state index >= 15 is 0 Å². The number of Topliss-reactive ketones (excluding diaryl/α,β-unsaturated/α-hetero) is 2. The number of ketones is 2. The van der Waals surface area contributed by atoms with Gasteiger partial charge >= 0.3 is 0 Å². The van der Waals surface area contributed by atoms with Gasteiger partial charge in [0, 0.05) is 11.1 Å². The van der Waals surface area contributed by atoms with Crippen LogP contribution in [0.15, 0.2) is 36.4 Å². The Morgan fingerprint density at radius 2 is 1.00 bits per heavy atom. The zero-order valence-corrected chi connectivity index (χ0v) is 20.2. The normalized spacial score (nSPS) is 14.9. The van der Waals surface area contributed by atoms with Gasteiger partial charge in [-0.05, 0) is 114 Å². The lowest BCUT2D eigenvalue weighted by Crippen LogP contribution is -2.23. The van der Waals surface area contributed by atoms with Crippen molar-refractivity contribution >= 4 is 11.6 Å². The van der Waals surface area contributed by atoms with Crippen LogP contribution in [0.4, 0.5) is 0 Å². The minimum atomic E-state index is 0.208. The molecule has 0 aliphatic heterocycles. The number of aryl methyl sites for hydroxylation is 4. The highest BCUT2D eigenvalue weighted by Gasteiger charge is 2.16. The summed E-state index contributed by atoms with van der Waals surface area (Å²) in [7, 11) is 7.78. The molecule has 2 aromatic carbocycles. The van der Waals surface area contributed by atoms with E-state index < -0.39 is 0 Å². The Bertz CT molecular complexity index is 869. The Balaban J connectivity index is 1.83. The monoisotopic (exact) mass is 434 g/mol. The van der Waals surface area contributed by atoms with Gasteiger partial charge in [0.2, 0.25) is 0 Å². The second kappa shape index (κ2) is 11.5. The molecule has 6 rings (SSSR count). The third-order valence-corrected chi connectivity index (χ3v) is 6.19. The summed E-state index contributed by atoms with van der Waals surface area (Å²) in [5.41, 5.74) is 6.61. The summed E-state index contributed by atoms with van der Waals surface area (Å²) in [5.74, 6) is 0.416. The van der Waals surface area contributed by atoms with E-state index in [-0.39, 0.29) is 11.6 Å². The molecule has 0 atom stereocenters. The topological polar surface area (TPSA) is 40.6 Å². The second-order valence-corrected chi connectivity index (χ2v) is 9.72. The molecular formula is C28H38N2O2. The molecule has 172 valence electrons. The van der Waals surface area contributed by atoms with Gasteiger partial charge in [-0.1, -0.05) is 24.3 Å². The van der Waals surface area contributed by atoms with Crippen molar-refractivity contribution < 1.29 is 9.59 Å². The Hall–Kier alpha value is -2.30. The van der Waals surface area contributed by atoms with E-state index in [0.717, 1.165) is 73.6 Å². The Labute approximate surface area is 193 Å². The number of carbonyl (C=O) groups excluding carboxylic acids is 2. The van der Waals surface area contributed by atoms with Gasteiger partial charge in [-0.2, -0.15) is 0 Å². The average Bonchev–Trinajstić information content (AvgIpc) is 2.73. The van der Waals surface area contributed by atoms with Gasteiger partial charge in [-0.25, -0.2) is 0 Å². The molecule has 4 bridgehead atoms. The molecule has 0 spiro atoms. The van der Waals surface area contributed by atoms with Crippen LogP contribution in [-0.2, 0) is 25.7 Å². The van der Waals surface area contributed by atoms with E-state index in [9.17, 15) is 9.59 Å². The lowest BCUT2D eigenvalue weighted by atomic mass is 9.91. The van der Waals surface area contributed by atoms with Gasteiger partial charge in [0.1, 0.15) is 0 Å². The zero-order chi connectivity index (χ0) is 23.1. The number of hydrogen-bond donors (Lipinski definition) is 0. The SMILES string of the molecule is CN(C)CC(=O)c1cc2ccc1CCCCc1ccc(cc1C(=O)CN(C)C)CCCC2. The largest absolute Gasteiger partial charge is 0.302 e. The first-order valence-electron chi connectivity index (χ1n) is 11.9. The highest BCUT2D eigenvalue weighted by molar-refractivity contribution is 5.99. The van der Waals surface area contributed by atoms with Crippen LogP contribution >= 0.6 is 0 Å². The van der Waals surface area contributed by atoms with Crippen molar-refractivity contribution in [3.05, 3.63) is 69.8 Å². The van der Waals surface area contributed by atoms with Gasteiger partial charge in [-0.15, -0.1) is 0 Å². The molecule has 4 aliphatic rings. The summed E-state index contributed by atoms with van der Waals surface area (Å²) in [6, 6.07) is 13.0. The maximum absolute atomic E-state index is 12.9. The highest BCUT2D eigenvalue weighted by atomic mass is 16.1. The van der Waals surface area contributed by atoms with Crippen LogP contribution < -0.4 is 0 Å². The van der Waals surface area contributed by atoms with Crippen LogP contribution in [0.2, 0.25) is 0 Å². The molecule has 0 saturated heterocycles. The molecule has 4 nitrogen and oxygen atoms in total. The summed E-state index contributed by atoms with van der Waals surface area (Å²) in [6.07, 6.45) is 7.91. The van der Waals surface area contributed by atoms with Crippen molar-refractivity contribution in [2.75, 3.05) is 41.3 Å². The first-order chi connectivity index (χ1) is 15.3. The van der Waals surface area contributed by atoms with E-state index in [1.807, 2.05) is 38.0 Å². The zero-order valence-electron chi connectivity index (χ0n) is 20.2. The van der Waals surface area contributed by atoms with Gasteiger partial charge in [0.05, 0.1) is 13.1 Å². The molecule has 32 heavy (non-hydrogen) atoms. The second-order valence-electron chi connectivity index (χ2n) is 9.72. The third kappa shape index (κ3) is 6.85. The van der Waals surface area contributed by atoms with Crippen molar-refractivity contribution in [1.29, 1.82) is 0 Å². The number of hydrogen-bond acceptors (Lipinski definition) is 4. The van der Waals surface area contributed by atoms with E-state index in [2.05, 4.69) is 36.4 Å². The number of rotatable bonds is 6. The molecule has 0 aromatic heterocycles. The van der Waals surface area contributed by atoms with Crippen molar-refractivity contribution in [2.24, 2.45) is 0 Å². The fourth-order valence-corrected chi connectivity index (χ4v) is 4.55. The number of likely N-dealkylation sites (N-methyl/N-ethyl adjacent to an activating group) is 2. The molecule has 0 saturated carbocycles. The maximum Gasteiger partial charge on any atom is 0.177 e. The van der Waals surface area contributed by atoms with Gasteiger partial charge in [0.25, 0.3) is 0 Å². The number of benzene rings is 2. The Kier molecular flexibility index (Phi) is 8.77. The number of nitrogens with zero attached hydrogens (tertiary/aromatic N) is 2. The Morgan fingerprint density at radius 3 is 1.38 bits per heavy atom. The molecule has 0 heterocycles. The van der Waals surface area contributed by atoms with Gasteiger partial charge in [0.15, 0.2) is 11.6 Å².